The molecule has 2 aromatic rings. The lowest BCUT2D eigenvalue weighted by Crippen LogP contribution is -2.24. The van der Waals surface area contributed by atoms with Crippen LogP contribution in [0.1, 0.15) is 42.5 Å². The summed E-state index contributed by atoms with van der Waals surface area (Å²) in [7, 11) is 1.93. The Morgan fingerprint density at radius 3 is 2.87 bits per heavy atom. The summed E-state index contributed by atoms with van der Waals surface area (Å²) in [5.74, 6) is 3.95. The number of rotatable bonds is 5. The van der Waals surface area contributed by atoms with E-state index >= 15 is 0 Å². The van der Waals surface area contributed by atoms with Crippen LogP contribution in [-0.2, 0) is 6.42 Å². The maximum Gasteiger partial charge on any atom is 0.230 e. The molecule has 0 amide bonds. The van der Waals surface area contributed by atoms with Crippen molar-refractivity contribution in [3.8, 4) is 11.5 Å². The van der Waals surface area contributed by atoms with Gasteiger partial charge in [0.05, 0.1) is 0 Å². The number of aromatic nitrogens is 2. The first-order valence-corrected chi connectivity index (χ1v) is 8.14. The molecule has 1 fully saturated rings. The SMILES string of the molecule is CNC(C)Cc1noc(C2CC2c2ccc3c(c2)OCCO3)n1. The minimum atomic E-state index is 0.323. The normalized spacial score (nSPS) is 23.6. The molecule has 2 heterocycles. The molecular weight excluding hydrogens is 294 g/mol. The molecule has 3 atom stereocenters. The standard InChI is InChI=1S/C17H21N3O3/c1-10(18-2)7-16-19-17(23-20-16)13-9-12(13)11-3-4-14-15(8-11)22-6-5-21-14/h3-4,8,10,12-13,18H,5-7,9H2,1-2H3. The molecule has 0 radical (unpaired) electrons. The minimum Gasteiger partial charge on any atom is -0.486 e. The zero-order chi connectivity index (χ0) is 15.8. The van der Waals surface area contributed by atoms with Gasteiger partial charge in [-0.3, -0.25) is 0 Å². The summed E-state index contributed by atoms with van der Waals surface area (Å²) in [5, 5.41) is 7.28. The van der Waals surface area contributed by atoms with Crippen molar-refractivity contribution in [2.75, 3.05) is 20.3 Å². The van der Waals surface area contributed by atoms with E-state index in [1.165, 1.54) is 5.56 Å². The van der Waals surface area contributed by atoms with Gasteiger partial charge in [-0.05, 0) is 44.0 Å². The molecule has 1 N–H and O–H groups in total. The van der Waals surface area contributed by atoms with Crippen molar-refractivity contribution in [3.63, 3.8) is 0 Å². The largest absolute Gasteiger partial charge is 0.486 e. The molecule has 0 bridgehead atoms. The van der Waals surface area contributed by atoms with Gasteiger partial charge in [-0.1, -0.05) is 11.2 Å². The molecule has 1 saturated carbocycles. The molecule has 0 saturated heterocycles. The highest BCUT2D eigenvalue weighted by Crippen LogP contribution is 2.55. The van der Waals surface area contributed by atoms with Gasteiger partial charge in [0.2, 0.25) is 5.89 Å². The van der Waals surface area contributed by atoms with Gasteiger partial charge in [0, 0.05) is 18.4 Å². The molecule has 3 unspecified atom stereocenters. The van der Waals surface area contributed by atoms with Crippen LogP contribution in [0, 0.1) is 0 Å². The molecule has 1 aliphatic heterocycles. The zero-order valence-corrected chi connectivity index (χ0v) is 13.4. The molecule has 2 aliphatic rings. The maximum absolute atomic E-state index is 5.66. The third-order valence-electron chi connectivity index (χ3n) is 4.57. The minimum absolute atomic E-state index is 0.323. The van der Waals surface area contributed by atoms with Crippen molar-refractivity contribution in [1.29, 1.82) is 0 Å². The van der Waals surface area contributed by atoms with Crippen LogP contribution in [-0.4, -0.2) is 36.4 Å². The molecule has 6 heteroatoms. The van der Waals surface area contributed by atoms with Crippen LogP contribution < -0.4 is 14.8 Å². The Morgan fingerprint density at radius 2 is 2.04 bits per heavy atom. The second-order valence-electron chi connectivity index (χ2n) is 6.29. The first kappa shape index (κ1) is 14.5. The molecule has 1 aromatic heterocycles. The Kier molecular flexibility index (Phi) is 3.69. The molecular formula is C17H21N3O3. The van der Waals surface area contributed by atoms with E-state index in [9.17, 15) is 0 Å². The van der Waals surface area contributed by atoms with Crippen LogP contribution in [0.25, 0.3) is 0 Å². The van der Waals surface area contributed by atoms with E-state index in [0.717, 1.165) is 36.1 Å². The summed E-state index contributed by atoms with van der Waals surface area (Å²) >= 11 is 0. The van der Waals surface area contributed by atoms with Crippen molar-refractivity contribution < 1.29 is 14.0 Å². The number of benzene rings is 1. The second kappa shape index (κ2) is 5.85. The lowest BCUT2D eigenvalue weighted by Gasteiger charge is -2.18. The van der Waals surface area contributed by atoms with Gasteiger partial charge >= 0.3 is 0 Å². The Morgan fingerprint density at radius 1 is 1.22 bits per heavy atom. The molecule has 122 valence electrons. The second-order valence-corrected chi connectivity index (χ2v) is 6.29. The predicted molar refractivity (Wildman–Crippen MR) is 84.1 cm³/mol. The molecule has 23 heavy (non-hydrogen) atoms. The van der Waals surface area contributed by atoms with E-state index in [1.807, 2.05) is 13.1 Å². The average Bonchev–Trinajstić information content (AvgIpc) is 3.26. The summed E-state index contributed by atoms with van der Waals surface area (Å²) in [6.07, 6.45) is 1.82. The highest BCUT2D eigenvalue weighted by atomic mass is 16.6. The lowest BCUT2D eigenvalue weighted by atomic mass is 10.1. The number of hydrogen-bond acceptors (Lipinski definition) is 6. The van der Waals surface area contributed by atoms with Gasteiger partial charge in [0.15, 0.2) is 17.3 Å². The Bertz CT molecular complexity index is 700. The van der Waals surface area contributed by atoms with E-state index in [0.29, 0.717) is 31.1 Å². The van der Waals surface area contributed by atoms with E-state index in [2.05, 4.69) is 34.5 Å². The Hall–Kier alpha value is -2.08. The van der Waals surface area contributed by atoms with Gasteiger partial charge in [-0.2, -0.15) is 4.98 Å². The predicted octanol–water partition coefficient (Wildman–Crippen LogP) is 2.26. The fourth-order valence-electron chi connectivity index (χ4n) is 3.00. The monoisotopic (exact) mass is 315 g/mol. The van der Waals surface area contributed by atoms with Crippen molar-refractivity contribution in [2.45, 2.75) is 37.6 Å². The Labute approximate surface area is 135 Å². The Balaban J connectivity index is 1.45. The van der Waals surface area contributed by atoms with Gasteiger partial charge in [-0.25, -0.2) is 0 Å². The molecule has 1 aromatic carbocycles. The number of nitrogens with zero attached hydrogens (tertiary/aromatic N) is 2. The molecule has 6 nitrogen and oxygen atoms in total. The van der Waals surface area contributed by atoms with E-state index in [-0.39, 0.29) is 0 Å². The maximum atomic E-state index is 5.66. The number of nitrogens with one attached hydrogen (secondary N) is 1. The highest BCUT2D eigenvalue weighted by molar-refractivity contribution is 5.46. The van der Waals surface area contributed by atoms with Crippen LogP contribution in [0.2, 0.25) is 0 Å². The molecule has 4 rings (SSSR count). The first-order valence-electron chi connectivity index (χ1n) is 8.14. The zero-order valence-electron chi connectivity index (χ0n) is 13.4. The smallest absolute Gasteiger partial charge is 0.230 e. The summed E-state index contributed by atoms with van der Waals surface area (Å²) < 4.78 is 16.7. The molecule has 0 spiro atoms. The lowest BCUT2D eigenvalue weighted by molar-refractivity contribution is 0.171. The van der Waals surface area contributed by atoms with Crippen LogP contribution in [0.5, 0.6) is 11.5 Å². The summed E-state index contributed by atoms with van der Waals surface area (Å²) in [4.78, 5) is 4.55. The summed E-state index contributed by atoms with van der Waals surface area (Å²) in [6, 6.07) is 6.53. The van der Waals surface area contributed by atoms with Crippen molar-refractivity contribution in [1.82, 2.24) is 15.5 Å². The van der Waals surface area contributed by atoms with Gasteiger partial charge in [-0.15, -0.1) is 0 Å². The third-order valence-corrected chi connectivity index (χ3v) is 4.57. The van der Waals surface area contributed by atoms with Crippen molar-refractivity contribution >= 4 is 0 Å². The van der Waals surface area contributed by atoms with Gasteiger partial charge in [0.1, 0.15) is 13.2 Å². The summed E-state index contributed by atoms with van der Waals surface area (Å²) in [5.41, 5.74) is 1.25. The number of likely N-dealkylation sites (N-methyl/N-ethyl adjacent to an activating group) is 1. The quantitative estimate of drug-likeness (QED) is 0.913. The first-order chi connectivity index (χ1) is 11.2. The number of hydrogen-bond donors (Lipinski definition) is 1. The van der Waals surface area contributed by atoms with Crippen molar-refractivity contribution in [2.24, 2.45) is 0 Å². The average molecular weight is 315 g/mol. The fourth-order valence-corrected chi connectivity index (χ4v) is 3.00. The van der Waals surface area contributed by atoms with E-state index in [1.54, 1.807) is 0 Å². The third kappa shape index (κ3) is 2.91. The van der Waals surface area contributed by atoms with E-state index < -0.39 is 0 Å². The van der Waals surface area contributed by atoms with Gasteiger partial charge in [0.25, 0.3) is 0 Å². The van der Waals surface area contributed by atoms with Crippen LogP contribution >= 0.6 is 0 Å². The van der Waals surface area contributed by atoms with Crippen LogP contribution in [0.15, 0.2) is 22.7 Å². The van der Waals surface area contributed by atoms with E-state index in [4.69, 9.17) is 14.0 Å². The number of fused-ring (bicyclic) bond motifs is 1. The summed E-state index contributed by atoms with van der Waals surface area (Å²) in [6.45, 7) is 3.33. The number of ether oxygens (including phenoxy) is 2. The van der Waals surface area contributed by atoms with Crippen LogP contribution in [0.4, 0.5) is 0 Å². The molecule has 1 aliphatic carbocycles. The van der Waals surface area contributed by atoms with Gasteiger partial charge < -0.3 is 19.3 Å². The highest BCUT2D eigenvalue weighted by Gasteiger charge is 2.44. The van der Waals surface area contributed by atoms with Crippen LogP contribution in [0.3, 0.4) is 0 Å². The van der Waals surface area contributed by atoms with Crippen molar-refractivity contribution in [3.05, 3.63) is 35.5 Å². The topological polar surface area (TPSA) is 69.4 Å². The fraction of sp³-hybridized carbons (Fsp3) is 0.529.